The summed E-state index contributed by atoms with van der Waals surface area (Å²) in [5, 5.41) is 12.4. The Bertz CT molecular complexity index is 504. The van der Waals surface area contributed by atoms with E-state index in [2.05, 4.69) is 15.9 Å². The van der Waals surface area contributed by atoms with Crippen LogP contribution in [0.2, 0.25) is 5.02 Å². The fourth-order valence-corrected chi connectivity index (χ4v) is 2.69. The van der Waals surface area contributed by atoms with Crippen molar-refractivity contribution >= 4 is 51.3 Å². The summed E-state index contributed by atoms with van der Waals surface area (Å²) in [5.74, 6) is 0.105. The highest BCUT2D eigenvalue weighted by atomic mass is 79.9. The van der Waals surface area contributed by atoms with E-state index >= 15 is 0 Å². The number of halogens is 3. The van der Waals surface area contributed by atoms with Gasteiger partial charge in [0.2, 0.25) is 0 Å². The molecule has 0 unspecified atom stereocenters. The molecular weight excluding hydrogens is 345 g/mol. The molecule has 0 aliphatic rings. The highest BCUT2D eigenvalue weighted by Gasteiger charge is 2.17. The van der Waals surface area contributed by atoms with Gasteiger partial charge >= 0.3 is 0 Å². The molecule has 0 spiro atoms. The van der Waals surface area contributed by atoms with Crippen LogP contribution in [0.5, 0.6) is 5.75 Å². The van der Waals surface area contributed by atoms with Crippen LogP contribution >= 0.6 is 51.3 Å². The van der Waals surface area contributed by atoms with Crippen molar-refractivity contribution in [1.29, 1.82) is 0 Å². The minimum atomic E-state index is -0.325. The van der Waals surface area contributed by atoms with E-state index in [1.54, 1.807) is 23.5 Å². The van der Waals surface area contributed by atoms with Gasteiger partial charge in [0, 0.05) is 10.4 Å². The monoisotopic (exact) mass is 353 g/mol. The molecule has 0 aliphatic heterocycles. The zero-order valence-electron chi connectivity index (χ0n) is 8.56. The summed E-state index contributed by atoms with van der Waals surface area (Å²) in [6.07, 6.45) is 0. The number of phenolic OH excluding ortho intramolecular Hbond substituents is 1. The lowest BCUT2D eigenvalue weighted by Gasteiger charge is -2.13. The zero-order chi connectivity index (χ0) is 11.7. The number of rotatable bonds is 2. The Morgan fingerprint density at radius 3 is 2.65 bits per heavy atom. The first kappa shape index (κ1) is 14.8. The average Bonchev–Trinajstić information content (AvgIpc) is 2.79. The molecule has 2 nitrogen and oxygen atoms in total. The first-order valence-electron chi connectivity index (χ1n) is 4.57. The van der Waals surface area contributed by atoms with E-state index < -0.39 is 0 Å². The molecular formula is C11H10BrCl2NOS. The maximum absolute atomic E-state index is 9.94. The maximum atomic E-state index is 9.94. The summed E-state index contributed by atoms with van der Waals surface area (Å²) >= 11 is 10.7. The van der Waals surface area contributed by atoms with Crippen molar-refractivity contribution < 1.29 is 5.11 Å². The van der Waals surface area contributed by atoms with E-state index in [-0.39, 0.29) is 24.2 Å². The van der Waals surface area contributed by atoms with Gasteiger partial charge in [0.15, 0.2) is 0 Å². The van der Waals surface area contributed by atoms with E-state index in [1.807, 2.05) is 17.5 Å². The predicted molar refractivity (Wildman–Crippen MR) is 78.4 cm³/mol. The first-order chi connectivity index (χ1) is 7.61. The highest BCUT2D eigenvalue weighted by molar-refractivity contribution is 9.10. The van der Waals surface area contributed by atoms with Crippen molar-refractivity contribution in [3.05, 3.63) is 49.6 Å². The number of aromatic hydroxyl groups is 1. The highest BCUT2D eigenvalue weighted by Crippen LogP contribution is 2.38. The maximum Gasteiger partial charge on any atom is 0.136 e. The van der Waals surface area contributed by atoms with Gasteiger partial charge < -0.3 is 10.8 Å². The quantitative estimate of drug-likeness (QED) is 0.842. The largest absolute Gasteiger partial charge is 0.506 e. The molecule has 6 heteroatoms. The van der Waals surface area contributed by atoms with Gasteiger partial charge in [-0.2, -0.15) is 0 Å². The number of benzene rings is 1. The van der Waals surface area contributed by atoms with Crippen LogP contribution in [0, 0.1) is 0 Å². The number of nitrogens with two attached hydrogens (primary N) is 1. The Morgan fingerprint density at radius 1 is 1.35 bits per heavy atom. The van der Waals surface area contributed by atoms with Crippen LogP contribution in [-0.4, -0.2) is 5.11 Å². The number of hydrogen-bond acceptors (Lipinski definition) is 3. The predicted octanol–water partition coefficient (Wildman–Crippen LogP) is 4.34. The van der Waals surface area contributed by atoms with Crippen LogP contribution in [0.25, 0.3) is 0 Å². The molecule has 0 saturated carbocycles. The molecule has 2 aromatic rings. The first-order valence-corrected chi connectivity index (χ1v) is 6.62. The van der Waals surface area contributed by atoms with E-state index in [0.717, 1.165) is 4.88 Å². The van der Waals surface area contributed by atoms with Gasteiger partial charge in [-0.05, 0) is 33.4 Å². The summed E-state index contributed by atoms with van der Waals surface area (Å²) in [5.41, 5.74) is 6.73. The number of hydrogen-bond donors (Lipinski definition) is 2. The van der Waals surface area contributed by atoms with Crippen molar-refractivity contribution in [3.8, 4) is 5.75 Å². The molecule has 1 atom stereocenters. The Labute approximate surface area is 123 Å². The van der Waals surface area contributed by atoms with Gasteiger partial charge in [0.25, 0.3) is 0 Å². The normalized spacial score (nSPS) is 11.9. The van der Waals surface area contributed by atoms with Gasteiger partial charge in [-0.3, -0.25) is 0 Å². The van der Waals surface area contributed by atoms with Gasteiger partial charge in [-0.1, -0.05) is 23.7 Å². The van der Waals surface area contributed by atoms with E-state index in [0.29, 0.717) is 15.1 Å². The smallest absolute Gasteiger partial charge is 0.136 e. The second-order valence-corrected chi connectivity index (χ2v) is 5.47. The Kier molecular flexibility index (Phi) is 5.28. The molecule has 3 N–H and O–H groups in total. The van der Waals surface area contributed by atoms with Crippen LogP contribution in [0.3, 0.4) is 0 Å². The molecule has 0 saturated heterocycles. The summed E-state index contributed by atoms with van der Waals surface area (Å²) in [6.45, 7) is 0. The second kappa shape index (κ2) is 6.07. The van der Waals surface area contributed by atoms with Crippen LogP contribution in [0.15, 0.2) is 34.1 Å². The zero-order valence-corrected chi connectivity index (χ0v) is 12.5. The summed E-state index contributed by atoms with van der Waals surface area (Å²) in [6, 6.07) is 7.01. The fourth-order valence-electron chi connectivity index (χ4n) is 1.43. The standard InChI is InChI=1S/C11H9BrClNOS.ClH/c12-9-7(13)4-3-6(11(9)15)10(14)8-2-1-5-16-8;/h1-5,10,15H,14H2;1H/t10-;/m1./s1. The molecule has 17 heavy (non-hydrogen) atoms. The van der Waals surface area contributed by atoms with Crippen molar-refractivity contribution in [2.24, 2.45) is 5.73 Å². The minimum absolute atomic E-state index is 0. The van der Waals surface area contributed by atoms with Crippen molar-refractivity contribution in [3.63, 3.8) is 0 Å². The van der Waals surface area contributed by atoms with Crippen molar-refractivity contribution in [1.82, 2.24) is 0 Å². The summed E-state index contributed by atoms with van der Waals surface area (Å²) in [7, 11) is 0. The van der Waals surface area contributed by atoms with E-state index in [1.165, 1.54) is 0 Å². The van der Waals surface area contributed by atoms with Crippen LogP contribution in [0.1, 0.15) is 16.5 Å². The second-order valence-electron chi connectivity index (χ2n) is 3.29. The average molecular weight is 355 g/mol. The lowest BCUT2D eigenvalue weighted by atomic mass is 10.1. The molecule has 2 rings (SSSR count). The molecule has 0 fully saturated rings. The Hall–Kier alpha value is -0.260. The van der Waals surface area contributed by atoms with Crippen LogP contribution in [-0.2, 0) is 0 Å². The molecule has 1 heterocycles. The van der Waals surface area contributed by atoms with Gasteiger partial charge in [0.05, 0.1) is 15.5 Å². The topological polar surface area (TPSA) is 46.2 Å². The fraction of sp³-hybridized carbons (Fsp3) is 0.0909. The number of phenols is 1. The SMILES string of the molecule is Cl.N[C@@H](c1cccs1)c1ccc(Cl)c(Br)c1O. The Balaban J connectivity index is 0.00000144. The molecule has 0 radical (unpaired) electrons. The molecule has 1 aromatic heterocycles. The lowest BCUT2D eigenvalue weighted by molar-refractivity contribution is 0.462. The lowest BCUT2D eigenvalue weighted by Crippen LogP contribution is -2.10. The van der Waals surface area contributed by atoms with E-state index in [9.17, 15) is 5.11 Å². The summed E-state index contributed by atoms with van der Waals surface area (Å²) in [4.78, 5) is 1.00. The van der Waals surface area contributed by atoms with E-state index in [4.69, 9.17) is 17.3 Å². The Morgan fingerprint density at radius 2 is 2.06 bits per heavy atom. The molecule has 1 aromatic carbocycles. The molecule has 0 aliphatic carbocycles. The minimum Gasteiger partial charge on any atom is -0.506 e. The van der Waals surface area contributed by atoms with Gasteiger partial charge in [0.1, 0.15) is 5.75 Å². The van der Waals surface area contributed by atoms with Gasteiger partial charge in [-0.25, -0.2) is 0 Å². The third-order valence-corrected chi connectivity index (χ3v) is 4.59. The van der Waals surface area contributed by atoms with Crippen molar-refractivity contribution in [2.45, 2.75) is 6.04 Å². The molecule has 0 amide bonds. The van der Waals surface area contributed by atoms with Crippen molar-refractivity contribution in [2.75, 3.05) is 0 Å². The van der Waals surface area contributed by atoms with Gasteiger partial charge in [-0.15, -0.1) is 23.7 Å². The molecule has 92 valence electrons. The van der Waals surface area contributed by atoms with Crippen LogP contribution < -0.4 is 5.73 Å². The van der Waals surface area contributed by atoms with Crippen LogP contribution in [0.4, 0.5) is 0 Å². The molecule has 0 bridgehead atoms. The number of thiophene rings is 1. The third kappa shape index (κ3) is 2.95. The third-order valence-electron chi connectivity index (χ3n) is 2.29. The summed E-state index contributed by atoms with van der Waals surface area (Å²) < 4.78 is 0.485.